The Hall–Kier alpha value is -4.12. The second-order valence-corrected chi connectivity index (χ2v) is 8.64. The van der Waals surface area contributed by atoms with Crippen molar-refractivity contribution in [2.24, 2.45) is 0 Å². The van der Waals surface area contributed by atoms with E-state index in [1.807, 2.05) is 93.6 Å². The van der Waals surface area contributed by atoms with E-state index < -0.39 is 0 Å². The van der Waals surface area contributed by atoms with Gasteiger partial charge in [-0.3, -0.25) is 4.40 Å². The lowest BCUT2D eigenvalue weighted by Gasteiger charge is -2.26. The molecule has 5 rings (SSSR count). The summed E-state index contributed by atoms with van der Waals surface area (Å²) in [4.78, 5) is 7.15. The molecule has 5 aromatic rings. The van der Waals surface area contributed by atoms with Gasteiger partial charge in [-0.1, -0.05) is 57.2 Å². The van der Waals surface area contributed by atoms with E-state index in [1.54, 1.807) is 6.07 Å². The van der Waals surface area contributed by atoms with Crippen molar-refractivity contribution in [3.05, 3.63) is 108 Å². The first-order valence-electron chi connectivity index (χ1n) is 12.9. The highest BCUT2D eigenvalue weighted by molar-refractivity contribution is 5.83. The molecule has 0 fully saturated rings. The number of aromatic nitrogens is 2. The van der Waals surface area contributed by atoms with Gasteiger partial charge in [-0.25, -0.2) is 9.37 Å². The van der Waals surface area contributed by atoms with Crippen LogP contribution >= 0.6 is 0 Å². The van der Waals surface area contributed by atoms with Crippen LogP contribution in [0.3, 0.4) is 0 Å². The van der Waals surface area contributed by atoms with Crippen LogP contribution in [0.2, 0.25) is 0 Å². The molecule has 0 amide bonds. The van der Waals surface area contributed by atoms with E-state index in [0.717, 1.165) is 52.9 Å². The summed E-state index contributed by atoms with van der Waals surface area (Å²) in [5.74, 6) is 2.15. The zero-order chi connectivity index (χ0) is 26.4. The number of fused-ring (bicyclic) bond motifs is 1. The molecule has 2 heterocycles. The van der Waals surface area contributed by atoms with E-state index >= 15 is 4.39 Å². The van der Waals surface area contributed by atoms with E-state index in [2.05, 4.69) is 29.2 Å². The second kappa shape index (κ2) is 11.7. The smallest absolute Gasteiger partial charge is 0.146 e. The maximum atomic E-state index is 15.2. The minimum atomic E-state index is -0.268. The minimum absolute atomic E-state index is 0.268. The van der Waals surface area contributed by atoms with Crippen LogP contribution in [0.5, 0.6) is 11.5 Å². The van der Waals surface area contributed by atoms with Gasteiger partial charge in [0.1, 0.15) is 34.5 Å². The molecule has 5 heteroatoms. The maximum Gasteiger partial charge on any atom is 0.146 e. The molecule has 4 nitrogen and oxygen atoms in total. The molecule has 190 valence electrons. The number of hydrogen-bond acceptors (Lipinski definition) is 3. The summed E-state index contributed by atoms with van der Waals surface area (Å²) in [7, 11) is 0. The minimum Gasteiger partial charge on any atom is -0.457 e. The van der Waals surface area contributed by atoms with Crippen molar-refractivity contribution >= 4 is 17.2 Å². The number of imidazole rings is 1. The van der Waals surface area contributed by atoms with Crippen molar-refractivity contribution < 1.29 is 9.13 Å². The Labute approximate surface area is 219 Å². The van der Waals surface area contributed by atoms with Crippen LogP contribution in [-0.4, -0.2) is 15.9 Å². The van der Waals surface area contributed by atoms with Gasteiger partial charge in [-0.2, -0.15) is 0 Å². The Kier molecular flexibility index (Phi) is 8.24. The van der Waals surface area contributed by atoms with Gasteiger partial charge in [0.05, 0.1) is 0 Å². The Bertz CT molecular complexity index is 1440. The summed E-state index contributed by atoms with van der Waals surface area (Å²) in [6.45, 7) is 10.9. The number of para-hydroxylation sites is 1. The Morgan fingerprint density at radius 3 is 2.16 bits per heavy atom. The van der Waals surface area contributed by atoms with Crippen LogP contribution < -0.4 is 9.64 Å². The summed E-state index contributed by atoms with van der Waals surface area (Å²) in [5, 5.41) is 0. The number of aryl methyl sites for hydroxylation is 2. The number of hydrogen-bond donors (Lipinski definition) is 0. The fourth-order valence-corrected chi connectivity index (χ4v) is 4.48. The van der Waals surface area contributed by atoms with Gasteiger partial charge in [0.15, 0.2) is 0 Å². The van der Waals surface area contributed by atoms with Crippen molar-refractivity contribution in [2.75, 3.05) is 11.4 Å². The van der Waals surface area contributed by atoms with Gasteiger partial charge in [-0.15, -0.1) is 0 Å². The molecular weight excluding hydrogens is 461 g/mol. The lowest BCUT2D eigenvalue weighted by Crippen LogP contribution is -2.21. The molecule has 0 radical (unpaired) electrons. The van der Waals surface area contributed by atoms with Gasteiger partial charge in [-0.05, 0) is 80.4 Å². The van der Waals surface area contributed by atoms with Crippen LogP contribution in [0, 0.1) is 19.7 Å². The first-order chi connectivity index (χ1) is 18.1. The van der Waals surface area contributed by atoms with Gasteiger partial charge in [0.25, 0.3) is 0 Å². The van der Waals surface area contributed by atoms with Gasteiger partial charge in [0, 0.05) is 23.5 Å². The van der Waals surface area contributed by atoms with Gasteiger partial charge in [0.2, 0.25) is 0 Å². The average Bonchev–Trinajstić information content (AvgIpc) is 3.29. The molecule has 3 aromatic carbocycles. The summed E-state index contributed by atoms with van der Waals surface area (Å²) in [6, 6.07) is 28.9. The number of rotatable bonds is 7. The normalized spacial score (nSPS) is 10.6. The summed E-state index contributed by atoms with van der Waals surface area (Å²) >= 11 is 0. The lowest BCUT2D eigenvalue weighted by molar-refractivity contribution is 0.482. The van der Waals surface area contributed by atoms with E-state index in [1.165, 1.54) is 6.07 Å². The molecule has 0 bridgehead atoms. The molecule has 0 saturated heterocycles. The van der Waals surface area contributed by atoms with Gasteiger partial charge >= 0.3 is 0 Å². The molecule has 0 unspecified atom stereocenters. The maximum absolute atomic E-state index is 15.2. The molecule has 0 aliphatic rings. The monoisotopic (exact) mass is 495 g/mol. The Balaban J connectivity index is 0.00000156. The quantitative estimate of drug-likeness (QED) is 0.225. The molecule has 0 aliphatic heterocycles. The molecular formula is C32H34FN3O. The average molecular weight is 496 g/mol. The molecule has 0 aliphatic carbocycles. The van der Waals surface area contributed by atoms with E-state index in [4.69, 9.17) is 9.72 Å². The molecule has 0 saturated carbocycles. The van der Waals surface area contributed by atoms with Crippen LogP contribution in [0.1, 0.15) is 38.4 Å². The fraction of sp³-hybridized carbons (Fsp3) is 0.219. The van der Waals surface area contributed by atoms with Crippen molar-refractivity contribution in [1.29, 1.82) is 0 Å². The van der Waals surface area contributed by atoms with E-state index in [9.17, 15) is 0 Å². The van der Waals surface area contributed by atoms with Crippen LogP contribution in [-0.2, 0) is 0 Å². The van der Waals surface area contributed by atoms with Crippen molar-refractivity contribution in [1.82, 2.24) is 9.38 Å². The van der Waals surface area contributed by atoms with Crippen LogP contribution in [0.4, 0.5) is 15.9 Å². The third-order valence-electron chi connectivity index (χ3n) is 6.10. The lowest BCUT2D eigenvalue weighted by atomic mass is 10.0. The van der Waals surface area contributed by atoms with Crippen LogP contribution in [0.15, 0.2) is 91.0 Å². The van der Waals surface area contributed by atoms with Crippen molar-refractivity contribution in [3.63, 3.8) is 0 Å². The largest absolute Gasteiger partial charge is 0.457 e. The van der Waals surface area contributed by atoms with E-state index in [-0.39, 0.29) is 5.82 Å². The molecule has 37 heavy (non-hydrogen) atoms. The zero-order valence-corrected chi connectivity index (χ0v) is 22.2. The van der Waals surface area contributed by atoms with Crippen molar-refractivity contribution in [3.8, 4) is 22.8 Å². The number of ether oxygens (including phenoxy) is 1. The standard InChI is InChI=1S/C30H28FN3O.C2H6/c1-4-20-33(23-16-18-25(19-17-23)35-24-12-6-5-7-13-24)30-29(28-21(2)10-8-14-26(28)31)32-27-15-9-11-22(3)34(27)30;1-2/h5-19H,4,20H2,1-3H3;1-2H3. The van der Waals surface area contributed by atoms with Crippen molar-refractivity contribution in [2.45, 2.75) is 41.0 Å². The highest BCUT2D eigenvalue weighted by Crippen LogP contribution is 2.39. The molecule has 0 spiro atoms. The second-order valence-electron chi connectivity index (χ2n) is 8.64. The number of halogens is 1. The number of nitrogens with zero attached hydrogens (tertiary/aromatic N) is 3. The number of anilines is 2. The summed E-state index contributed by atoms with van der Waals surface area (Å²) in [5.41, 5.74) is 4.87. The topological polar surface area (TPSA) is 29.8 Å². The first kappa shape index (κ1) is 26.0. The third-order valence-corrected chi connectivity index (χ3v) is 6.10. The van der Waals surface area contributed by atoms with E-state index in [0.29, 0.717) is 11.3 Å². The first-order valence-corrected chi connectivity index (χ1v) is 12.9. The number of pyridine rings is 1. The Morgan fingerprint density at radius 1 is 0.811 bits per heavy atom. The molecule has 0 N–H and O–H groups in total. The van der Waals surface area contributed by atoms with Gasteiger partial charge < -0.3 is 9.64 Å². The highest BCUT2D eigenvalue weighted by atomic mass is 19.1. The fourth-order valence-electron chi connectivity index (χ4n) is 4.48. The predicted molar refractivity (Wildman–Crippen MR) is 152 cm³/mol. The van der Waals surface area contributed by atoms with Crippen LogP contribution in [0.25, 0.3) is 16.9 Å². The zero-order valence-electron chi connectivity index (χ0n) is 22.2. The molecule has 2 aromatic heterocycles. The SMILES string of the molecule is CC.CCCN(c1ccc(Oc2ccccc2)cc1)c1c(-c2c(C)cccc2F)nc2cccc(C)n12. The Morgan fingerprint density at radius 2 is 1.49 bits per heavy atom. The predicted octanol–water partition coefficient (Wildman–Crippen LogP) is 9.12. The highest BCUT2D eigenvalue weighted by Gasteiger charge is 2.25. The number of benzene rings is 3. The summed E-state index contributed by atoms with van der Waals surface area (Å²) in [6.07, 6.45) is 0.914. The molecule has 0 atom stereocenters. The summed E-state index contributed by atoms with van der Waals surface area (Å²) < 4.78 is 23.3. The third kappa shape index (κ3) is 5.36.